The Morgan fingerprint density at radius 3 is 2.76 bits per heavy atom. The van der Waals surface area contributed by atoms with Crippen LogP contribution < -0.4 is 0 Å². The van der Waals surface area contributed by atoms with E-state index in [1.165, 1.54) is 6.39 Å². The van der Waals surface area contributed by atoms with Crippen molar-refractivity contribution in [3.8, 4) is 0 Å². The van der Waals surface area contributed by atoms with Gasteiger partial charge in [-0.3, -0.25) is 9.00 Å². The molecule has 110 valence electrons. The standard InChI is InChI=1S/C16H17NO3S/c18-16(10-4-5-15-14(8-10)17-9-20-15)11-6-12-2-1-3-13(7-11)21(12)19/h4-5,8-9,11-13H,1-3,6-7H2. The van der Waals surface area contributed by atoms with Gasteiger partial charge >= 0.3 is 0 Å². The van der Waals surface area contributed by atoms with Gasteiger partial charge in [0.1, 0.15) is 5.52 Å². The highest BCUT2D eigenvalue weighted by Gasteiger charge is 2.40. The third-order valence-corrected chi connectivity index (χ3v) is 6.96. The van der Waals surface area contributed by atoms with Crippen LogP contribution in [-0.4, -0.2) is 25.5 Å². The van der Waals surface area contributed by atoms with E-state index < -0.39 is 10.8 Å². The number of aromatic nitrogens is 1. The number of nitrogens with zero attached hydrogens (tertiary/aromatic N) is 1. The highest BCUT2D eigenvalue weighted by molar-refractivity contribution is 7.86. The summed E-state index contributed by atoms with van der Waals surface area (Å²) >= 11 is 0. The molecule has 5 heteroatoms. The minimum atomic E-state index is -0.725. The summed E-state index contributed by atoms with van der Waals surface area (Å²) in [5, 5.41) is 0.449. The monoisotopic (exact) mass is 303 g/mol. The van der Waals surface area contributed by atoms with Gasteiger partial charge in [0, 0.05) is 32.8 Å². The van der Waals surface area contributed by atoms with Gasteiger partial charge in [-0.1, -0.05) is 6.42 Å². The van der Waals surface area contributed by atoms with Gasteiger partial charge in [0.2, 0.25) is 0 Å². The fourth-order valence-electron chi connectivity index (χ4n) is 3.69. The normalized spacial score (nSPS) is 32.2. The van der Waals surface area contributed by atoms with Crippen molar-refractivity contribution in [2.24, 2.45) is 5.92 Å². The molecule has 1 aromatic carbocycles. The van der Waals surface area contributed by atoms with Crippen LogP contribution in [0.25, 0.3) is 11.1 Å². The molecule has 0 spiro atoms. The number of rotatable bonds is 2. The van der Waals surface area contributed by atoms with E-state index in [2.05, 4.69) is 4.98 Å². The number of ketones is 1. The predicted molar refractivity (Wildman–Crippen MR) is 80.6 cm³/mol. The maximum absolute atomic E-state index is 12.7. The minimum Gasteiger partial charge on any atom is -0.443 e. The maximum atomic E-state index is 12.7. The van der Waals surface area contributed by atoms with Crippen LogP contribution in [0.4, 0.5) is 0 Å². The van der Waals surface area contributed by atoms with E-state index in [-0.39, 0.29) is 22.2 Å². The van der Waals surface area contributed by atoms with Crippen molar-refractivity contribution in [1.82, 2.24) is 4.98 Å². The van der Waals surface area contributed by atoms with Gasteiger partial charge in [-0.15, -0.1) is 0 Å². The van der Waals surface area contributed by atoms with Gasteiger partial charge in [0.05, 0.1) is 0 Å². The minimum absolute atomic E-state index is 0.0161. The Morgan fingerprint density at radius 2 is 2.00 bits per heavy atom. The fourth-order valence-corrected chi connectivity index (χ4v) is 5.88. The van der Waals surface area contributed by atoms with E-state index in [4.69, 9.17) is 4.42 Å². The molecule has 0 saturated carbocycles. The Bertz CT molecular complexity index is 707. The highest BCUT2D eigenvalue weighted by atomic mass is 32.2. The lowest BCUT2D eigenvalue weighted by Crippen LogP contribution is -2.41. The molecule has 2 atom stereocenters. The lowest BCUT2D eigenvalue weighted by Gasteiger charge is -2.37. The van der Waals surface area contributed by atoms with Crippen LogP contribution in [0.15, 0.2) is 29.0 Å². The lowest BCUT2D eigenvalue weighted by atomic mass is 9.84. The summed E-state index contributed by atoms with van der Waals surface area (Å²) in [4.78, 5) is 16.9. The van der Waals surface area contributed by atoms with E-state index in [1.807, 2.05) is 12.1 Å². The SMILES string of the molecule is O=C(c1ccc2ocnc2c1)C1CC2CCCC(C1)S2=O. The molecule has 0 radical (unpaired) electrons. The Kier molecular flexibility index (Phi) is 3.17. The molecule has 21 heavy (non-hydrogen) atoms. The van der Waals surface area contributed by atoms with Crippen molar-refractivity contribution in [1.29, 1.82) is 0 Å². The summed E-state index contributed by atoms with van der Waals surface area (Å²) in [5.41, 5.74) is 2.13. The van der Waals surface area contributed by atoms with Crippen molar-refractivity contribution in [2.45, 2.75) is 42.6 Å². The van der Waals surface area contributed by atoms with Crippen LogP contribution >= 0.6 is 0 Å². The maximum Gasteiger partial charge on any atom is 0.181 e. The Balaban J connectivity index is 1.61. The largest absolute Gasteiger partial charge is 0.443 e. The van der Waals surface area contributed by atoms with E-state index >= 15 is 0 Å². The van der Waals surface area contributed by atoms with Crippen LogP contribution in [0.2, 0.25) is 0 Å². The van der Waals surface area contributed by atoms with Gasteiger partial charge in [0.25, 0.3) is 0 Å². The molecule has 1 aromatic heterocycles. The quantitative estimate of drug-likeness (QED) is 0.800. The van der Waals surface area contributed by atoms with E-state index in [1.54, 1.807) is 6.07 Å². The van der Waals surface area contributed by atoms with Gasteiger partial charge < -0.3 is 4.42 Å². The van der Waals surface area contributed by atoms with Gasteiger partial charge in [-0.05, 0) is 43.9 Å². The first-order chi connectivity index (χ1) is 10.2. The van der Waals surface area contributed by atoms with Crippen LogP contribution in [0.1, 0.15) is 42.5 Å². The van der Waals surface area contributed by atoms with E-state index in [9.17, 15) is 9.00 Å². The number of carbonyl (C=O) groups excluding carboxylic acids is 1. The molecule has 4 rings (SSSR count). The first-order valence-electron chi connectivity index (χ1n) is 7.49. The topological polar surface area (TPSA) is 60.2 Å². The summed E-state index contributed by atoms with van der Waals surface area (Å²) < 4.78 is 17.4. The number of hydrogen-bond donors (Lipinski definition) is 0. The van der Waals surface area contributed by atoms with Crippen molar-refractivity contribution in [3.63, 3.8) is 0 Å². The Hall–Kier alpha value is -1.49. The molecule has 3 heterocycles. The van der Waals surface area contributed by atoms with Crippen molar-refractivity contribution in [3.05, 3.63) is 30.2 Å². The van der Waals surface area contributed by atoms with Crippen molar-refractivity contribution in [2.75, 3.05) is 0 Å². The first-order valence-corrected chi connectivity index (χ1v) is 8.77. The number of hydrogen-bond acceptors (Lipinski definition) is 4. The van der Waals surface area contributed by atoms with Crippen molar-refractivity contribution >= 4 is 27.7 Å². The summed E-state index contributed by atoms with van der Waals surface area (Å²) in [5.74, 6) is 0.191. The summed E-state index contributed by atoms with van der Waals surface area (Å²) in [6, 6.07) is 5.43. The fraction of sp³-hybridized carbons (Fsp3) is 0.500. The molecule has 4 nitrogen and oxygen atoms in total. The second-order valence-corrected chi connectivity index (χ2v) is 8.06. The zero-order chi connectivity index (χ0) is 14.4. The van der Waals surface area contributed by atoms with Gasteiger partial charge in [-0.25, -0.2) is 4.98 Å². The third kappa shape index (κ3) is 2.24. The molecule has 2 bridgehead atoms. The number of oxazole rings is 1. The average Bonchev–Trinajstić information content (AvgIpc) is 2.93. The lowest BCUT2D eigenvalue weighted by molar-refractivity contribution is 0.0895. The van der Waals surface area contributed by atoms with E-state index in [0.717, 1.165) is 37.6 Å². The highest BCUT2D eigenvalue weighted by Crippen LogP contribution is 2.38. The third-order valence-electron chi connectivity index (χ3n) is 4.79. The van der Waals surface area contributed by atoms with Gasteiger partial charge in [-0.2, -0.15) is 0 Å². The number of carbonyl (C=O) groups is 1. The zero-order valence-electron chi connectivity index (χ0n) is 11.7. The molecule has 0 aliphatic carbocycles. The Labute approximate surface area is 125 Å². The van der Waals surface area contributed by atoms with Gasteiger partial charge in [0.15, 0.2) is 17.8 Å². The van der Waals surface area contributed by atoms with E-state index in [0.29, 0.717) is 11.1 Å². The van der Waals surface area contributed by atoms with Crippen LogP contribution in [0.5, 0.6) is 0 Å². The summed E-state index contributed by atoms with van der Waals surface area (Å²) in [6.07, 6.45) is 6.13. The molecule has 2 fully saturated rings. The molecular weight excluding hydrogens is 286 g/mol. The summed E-state index contributed by atoms with van der Waals surface area (Å²) in [7, 11) is -0.725. The predicted octanol–water partition coefficient (Wildman–Crippen LogP) is 3.09. The molecule has 0 amide bonds. The molecular formula is C16H17NO3S. The second-order valence-electron chi connectivity index (χ2n) is 6.07. The number of benzene rings is 1. The Morgan fingerprint density at radius 1 is 1.24 bits per heavy atom. The van der Waals surface area contributed by atoms with Crippen molar-refractivity contribution < 1.29 is 13.4 Å². The smallest absolute Gasteiger partial charge is 0.181 e. The number of fused-ring (bicyclic) bond motifs is 3. The molecule has 0 N–H and O–H groups in total. The van der Waals surface area contributed by atoms with Crippen LogP contribution in [0, 0.1) is 5.92 Å². The molecule has 2 aliphatic heterocycles. The summed E-state index contributed by atoms with van der Waals surface area (Å²) in [6.45, 7) is 0. The molecule has 2 saturated heterocycles. The molecule has 2 unspecified atom stereocenters. The van der Waals surface area contributed by atoms with Crippen LogP contribution in [-0.2, 0) is 10.8 Å². The van der Waals surface area contributed by atoms with Crippen LogP contribution in [0.3, 0.4) is 0 Å². The average molecular weight is 303 g/mol. The molecule has 2 aliphatic rings. The zero-order valence-corrected chi connectivity index (χ0v) is 12.5. The second kappa shape index (κ2) is 5.05. The first kappa shape index (κ1) is 13.2. The molecule has 2 aromatic rings. The number of Topliss-reactive ketones (excluding diaryl/α,β-unsaturated/α-hetero) is 1.